The standard InChI is InChI=1S/C23H21BrO7S/c1-3-29-18(26)13-31-20-19(24)21(32-22(20)23(27)28-2)15-9-10-16(25)17(11-15)30-12-14-7-5-4-6-8-14/h4-11,25H,3,12-13H2,1-2H3. The molecule has 3 rings (SSSR count). The molecule has 1 aromatic heterocycles. The van der Waals surface area contributed by atoms with E-state index in [9.17, 15) is 14.7 Å². The van der Waals surface area contributed by atoms with Crippen molar-refractivity contribution >= 4 is 39.2 Å². The normalized spacial score (nSPS) is 10.5. The molecule has 0 spiro atoms. The maximum absolute atomic E-state index is 12.3. The Balaban J connectivity index is 1.91. The Hall–Kier alpha value is -3.04. The highest BCUT2D eigenvalue weighted by Crippen LogP contribution is 2.47. The molecule has 3 aromatic rings. The first-order chi connectivity index (χ1) is 15.4. The summed E-state index contributed by atoms with van der Waals surface area (Å²) in [7, 11) is 1.26. The lowest BCUT2D eigenvalue weighted by molar-refractivity contribution is -0.145. The third-order valence-corrected chi connectivity index (χ3v) is 6.50. The number of halogens is 1. The summed E-state index contributed by atoms with van der Waals surface area (Å²) >= 11 is 4.60. The van der Waals surface area contributed by atoms with Crippen molar-refractivity contribution in [3.05, 3.63) is 63.4 Å². The van der Waals surface area contributed by atoms with Crippen LogP contribution in [-0.2, 0) is 20.9 Å². The van der Waals surface area contributed by atoms with Crippen molar-refractivity contribution in [3.8, 4) is 27.7 Å². The highest BCUT2D eigenvalue weighted by Gasteiger charge is 2.26. The zero-order valence-electron chi connectivity index (χ0n) is 17.4. The number of phenolic OH excluding ortho intramolecular Hbond substituents is 1. The van der Waals surface area contributed by atoms with Crippen LogP contribution in [0.3, 0.4) is 0 Å². The van der Waals surface area contributed by atoms with Gasteiger partial charge in [-0.1, -0.05) is 30.3 Å². The van der Waals surface area contributed by atoms with Crippen LogP contribution in [0.2, 0.25) is 0 Å². The summed E-state index contributed by atoms with van der Waals surface area (Å²) in [6.45, 7) is 1.85. The number of thiophene rings is 1. The number of ether oxygens (including phenoxy) is 4. The van der Waals surface area contributed by atoms with E-state index in [0.717, 1.165) is 16.9 Å². The first-order valence-electron chi connectivity index (χ1n) is 9.63. The fourth-order valence-electron chi connectivity index (χ4n) is 2.78. The zero-order chi connectivity index (χ0) is 23.1. The Labute approximate surface area is 197 Å². The molecule has 7 nitrogen and oxygen atoms in total. The lowest BCUT2D eigenvalue weighted by atomic mass is 10.1. The second-order valence-electron chi connectivity index (χ2n) is 6.45. The van der Waals surface area contributed by atoms with Gasteiger partial charge in [0.2, 0.25) is 0 Å². The highest BCUT2D eigenvalue weighted by molar-refractivity contribution is 9.10. The van der Waals surface area contributed by atoms with Gasteiger partial charge in [-0.3, -0.25) is 0 Å². The van der Waals surface area contributed by atoms with Crippen LogP contribution in [0, 0.1) is 0 Å². The van der Waals surface area contributed by atoms with E-state index >= 15 is 0 Å². The number of carbonyl (C=O) groups is 2. The maximum atomic E-state index is 12.3. The molecule has 168 valence electrons. The SMILES string of the molecule is CCOC(=O)COc1c(C(=O)OC)sc(-c2ccc(O)c(OCc3ccccc3)c2)c1Br. The fourth-order valence-corrected chi connectivity index (χ4v) is 4.74. The van der Waals surface area contributed by atoms with Gasteiger partial charge >= 0.3 is 11.9 Å². The molecule has 9 heteroatoms. The topological polar surface area (TPSA) is 91.3 Å². The first-order valence-corrected chi connectivity index (χ1v) is 11.2. The number of benzene rings is 2. The van der Waals surface area contributed by atoms with Gasteiger partial charge in [-0.05, 0) is 52.2 Å². The molecule has 0 saturated heterocycles. The number of carbonyl (C=O) groups excluding carboxylic acids is 2. The molecule has 0 aliphatic heterocycles. The monoisotopic (exact) mass is 520 g/mol. The molecular formula is C23H21BrO7S. The zero-order valence-corrected chi connectivity index (χ0v) is 19.8. The molecule has 1 heterocycles. The third kappa shape index (κ3) is 5.60. The van der Waals surface area contributed by atoms with Gasteiger partial charge in [0.15, 0.2) is 28.7 Å². The van der Waals surface area contributed by atoms with E-state index in [0.29, 0.717) is 20.7 Å². The number of aromatic hydroxyl groups is 1. The molecule has 0 bridgehead atoms. The Morgan fingerprint density at radius 3 is 2.53 bits per heavy atom. The second-order valence-corrected chi connectivity index (χ2v) is 8.26. The van der Waals surface area contributed by atoms with Gasteiger partial charge in [0.1, 0.15) is 6.61 Å². The van der Waals surface area contributed by atoms with Crippen LogP contribution in [0.4, 0.5) is 0 Å². The summed E-state index contributed by atoms with van der Waals surface area (Å²) < 4.78 is 21.6. The number of hydrogen-bond donors (Lipinski definition) is 1. The minimum atomic E-state index is -0.597. The van der Waals surface area contributed by atoms with E-state index in [-0.39, 0.29) is 36.2 Å². The van der Waals surface area contributed by atoms with Gasteiger partial charge < -0.3 is 24.1 Å². The number of hydrogen-bond acceptors (Lipinski definition) is 8. The van der Waals surface area contributed by atoms with E-state index in [2.05, 4.69) is 15.9 Å². The quantitative estimate of drug-likeness (QED) is 0.388. The molecule has 0 amide bonds. The van der Waals surface area contributed by atoms with Crippen molar-refractivity contribution in [2.75, 3.05) is 20.3 Å². The summed E-state index contributed by atoms with van der Waals surface area (Å²) in [5.41, 5.74) is 1.64. The van der Waals surface area contributed by atoms with Crippen LogP contribution in [0.15, 0.2) is 53.0 Å². The molecule has 1 N–H and O–H groups in total. The number of methoxy groups -OCH3 is 1. The van der Waals surface area contributed by atoms with Gasteiger partial charge in [-0.2, -0.15) is 0 Å². The lowest BCUT2D eigenvalue weighted by Crippen LogP contribution is -2.15. The van der Waals surface area contributed by atoms with Crippen LogP contribution in [0.1, 0.15) is 22.2 Å². The largest absolute Gasteiger partial charge is 0.504 e. The lowest BCUT2D eigenvalue weighted by Gasteiger charge is -2.10. The Kier molecular flexibility index (Phi) is 8.13. The average molecular weight is 521 g/mol. The summed E-state index contributed by atoms with van der Waals surface area (Å²) in [5.74, 6) is -0.682. The number of esters is 2. The van der Waals surface area contributed by atoms with Crippen LogP contribution in [-0.4, -0.2) is 37.4 Å². The molecule has 0 radical (unpaired) electrons. The minimum absolute atomic E-state index is 0.00987. The van der Waals surface area contributed by atoms with Crippen molar-refractivity contribution in [3.63, 3.8) is 0 Å². The predicted octanol–water partition coefficient (Wildman–Crippen LogP) is 5.19. The van der Waals surface area contributed by atoms with Crippen LogP contribution in [0.25, 0.3) is 10.4 Å². The molecule has 0 saturated carbocycles. The van der Waals surface area contributed by atoms with E-state index in [1.165, 1.54) is 13.2 Å². The Morgan fingerprint density at radius 2 is 1.84 bits per heavy atom. The predicted molar refractivity (Wildman–Crippen MR) is 123 cm³/mol. The molecule has 2 aromatic carbocycles. The fraction of sp³-hybridized carbons (Fsp3) is 0.217. The van der Waals surface area contributed by atoms with Gasteiger partial charge in [0.05, 0.1) is 23.1 Å². The molecule has 0 atom stereocenters. The maximum Gasteiger partial charge on any atom is 0.351 e. The van der Waals surface area contributed by atoms with Crippen molar-refractivity contribution in [2.45, 2.75) is 13.5 Å². The van der Waals surface area contributed by atoms with Gasteiger partial charge in [0.25, 0.3) is 0 Å². The van der Waals surface area contributed by atoms with Gasteiger partial charge in [-0.25, -0.2) is 9.59 Å². The smallest absolute Gasteiger partial charge is 0.351 e. The molecule has 0 aliphatic rings. The second kappa shape index (κ2) is 11.0. The van der Waals surface area contributed by atoms with Crippen LogP contribution >= 0.6 is 27.3 Å². The van der Waals surface area contributed by atoms with E-state index in [1.54, 1.807) is 19.1 Å². The summed E-state index contributed by atoms with van der Waals surface area (Å²) in [6, 6.07) is 14.4. The molecule has 32 heavy (non-hydrogen) atoms. The summed E-state index contributed by atoms with van der Waals surface area (Å²) in [4.78, 5) is 24.8. The van der Waals surface area contributed by atoms with Crippen molar-refractivity contribution in [2.24, 2.45) is 0 Å². The number of rotatable bonds is 9. The molecule has 0 fully saturated rings. The van der Waals surface area contributed by atoms with E-state index in [1.807, 2.05) is 30.3 Å². The van der Waals surface area contributed by atoms with Crippen LogP contribution < -0.4 is 9.47 Å². The van der Waals surface area contributed by atoms with E-state index in [4.69, 9.17) is 18.9 Å². The Bertz CT molecular complexity index is 1100. The van der Waals surface area contributed by atoms with Crippen molar-refractivity contribution in [1.29, 1.82) is 0 Å². The van der Waals surface area contributed by atoms with E-state index < -0.39 is 11.9 Å². The average Bonchev–Trinajstić information content (AvgIpc) is 3.13. The van der Waals surface area contributed by atoms with Crippen LogP contribution in [0.5, 0.6) is 17.2 Å². The Morgan fingerprint density at radius 1 is 1.09 bits per heavy atom. The minimum Gasteiger partial charge on any atom is -0.504 e. The molecular weight excluding hydrogens is 500 g/mol. The van der Waals surface area contributed by atoms with Gasteiger partial charge in [0, 0.05) is 0 Å². The first kappa shape index (κ1) is 23.6. The summed E-state index contributed by atoms with van der Waals surface area (Å²) in [6.07, 6.45) is 0. The third-order valence-electron chi connectivity index (χ3n) is 4.28. The molecule has 0 aliphatic carbocycles. The summed E-state index contributed by atoms with van der Waals surface area (Å²) in [5, 5.41) is 10.2. The highest BCUT2D eigenvalue weighted by atomic mass is 79.9. The van der Waals surface area contributed by atoms with Crippen molar-refractivity contribution in [1.82, 2.24) is 0 Å². The van der Waals surface area contributed by atoms with Crippen molar-refractivity contribution < 1.29 is 33.6 Å². The van der Waals surface area contributed by atoms with Gasteiger partial charge in [-0.15, -0.1) is 11.3 Å². The number of phenols is 1. The molecule has 0 unspecified atom stereocenters.